The summed E-state index contributed by atoms with van der Waals surface area (Å²) in [6.07, 6.45) is 2.60. The number of halogens is 2. The van der Waals surface area contributed by atoms with Gasteiger partial charge in [-0.25, -0.2) is 0 Å². The predicted molar refractivity (Wildman–Crippen MR) is 104 cm³/mol. The van der Waals surface area contributed by atoms with Crippen molar-refractivity contribution < 1.29 is 23.4 Å². The Balaban J connectivity index is 1.74. The molecule has 1 aromatic heterocycles. The van der Waals surface area contributed by atoms with E-state index in [-0.39, 0.29) is 11.8 Å². The molecule has 1 aromatic carbocycles. The topological polar surface area (TPSA) is 90.6 Å². The van der Waals surface area contributed by atoms with Gasteiger partial charge in [0.25, 0.3) is 0 Å². The molecule has 1 atom stereocenters. The zero-order valence-corrected chi connectivity index (χ0v) is 16.1. The van der Waals surface area contributed by atoms with Gasteiger partial charge in [-0.3, -0.25) is 4.98 Å². The molecule has 156 valence electrons. The van der Waals surface area contributed by atoms with Crippen molar-refractivity contribution in [2.75, 3.05) is 38.7 Å². The third kappa shape index (κ3) is 5.50. The van der Waals surface area contributed by atoms with Crippen LogP contribution in [-0.4, -0.2) is 67.1 Å². The summed E-state index contributed by atoms with van der Waals surface area (Å²) in [5.74, 6) is 0.0226. The largest absolute Gasteiger partial charge is 0.435 e. The Morgan fingerprint density at radius 3 is 2.79 bits per heavy atom. The van der Waals surface area contributed by atoms with Gasteiger partial charge in [0, 0.05) is 44.4 Å². The van der Waals surface area contributed by atoms with Crippen molar-refractivity contribution in [3.05, 3.63) is 30.0 Å². The molecule has 1 unspecified atom stereocenters. The van der Waals surface area contributed by atoms with Crippen LogP contribution in [0.4, 0.5) is 14.5 Å². The lowest BCUT2D eigenvalue weighted by Crippen LogP contribution is -2.43. The molecule has 2 heterocycles. The Labute approximate surface area is 167 Å². The number of nitrogens with zero attached hydrogens (tertiary/aromatic N) is 3. The van der Waals surface area contributed by atoms with E-state index in [4.69, 9.17) is 4.74 Å². The summed E-state index contributed by atoms with van der Waals surface area (Å²) in [6, 6.07) is 6.74. The van der Waals surface area contributed by atoms with Crippen LogP contribution in [0.5, 0.6) is 5.75 Å². The average molecular weight is 406 g/mol. The zero-order valence-electron chi connectivity index (χ0n) is 16.1. The second-order valence-electron chi connectivity index (χ2n) is 7.04. The molecule has 0 aliphatic carbocycles. The fraction of sp³-hybridized carbons (Fsp3) is 0.500. The van der Waals surface area contributed by atoms with Gasteiger partial charge in [0.15, 0.2) is 0 Å². The lowest BCUT2D eigenvalue weighted by atomic mass is 10.0. The first kappa shape index (κ1) is 21.2. The van der Waals surface area contributed by atoms with Crippen molar-refractivity contribution in [3.8, 4) is 11.8 Å². The molecule has 1 aliphatic heterocycles. The SMILES string of the molecule is COCC(O)CN1CCC(Nc2c(C#N)cnc3ccc(OC(F)F)cc23)CC1. The van der Waals surface area contributed by atoms with Gasteiger partial charge in [0.1, 0.15) is 11.8 Å². The molecule has 0 amide bonds. The first-order chi connectivity index (χ1) is 14.0. The number of nitriles is 1. The van der Waals surface area contributed by atoms with Crippen LogP contribution in [-0.2, 0) is 4.74 Å². The van der Waals surface area contributed by atoms with E-state index in [0.29, 0.717) is 35.3 Å². The summed E-state index contributed by atoms with van der Waals surface area (Å²) in [4.78, 5) is 6.41. The Morgan fingerprint density at radius 2 is 2.14 bits per heavy atom. The standard InChI is InChI=1S/C20H24F2N4O3/c1-28-12-15(27)11-26-6-4-14(5-7-26)25-19-13(9-23)10-24-18-3-2-16(8-17(18)19)29-20(21)22/h2-3,8,10,14-15,20,27H,4-7,11-12H2,1H3,(H,24,25). The summed E-state index contributed by atoms with van der Waals surface area (Å²) in [7, 11) is 1.56. The van der Waals surface area contributed by atoms with Crippen LogP contribution in [0.2, 0.25) is 0 Å². The van der Waals surface area contributed by atoms with Crippen LogP contribution in [0, 0.1) is 11.3 Å². The van der Waals surface area contributed by atoms with Gasteiger partial charge in [0.05, 0.1) is 29.5 Å². The maximum Gasteiger partial charge on any atom is 0.387 e. The lowest BCUT2D eigenvalue weighted by molar-refractivity contribution is -0.0497. The van der Waals surface area contributed by atoms with Crippen molar-refractivity contribution in [1.29, 1.82) is 5.26 Å². The number of alkyl halides is 2. The molecule has 2 N–H and O–H groups in total. The Morgan fingerprint density at radius 1 is 1.38 bits per heavy atom. The van der Waals surface area contributed by atoms with Crippen LogP contribution >= 0.6 is 0 Å². The molecule has 0 bridgehead atoms. The van der Waals surface area contributed by atoms with Gasteiger partial charge in [0.2, 0.25) is 0 Å². The first-order valence-corrected chi connectivity index (χ1v) is 9.43. The van der Waals surface area contributed by atoms with Crippen molar-refractivity contribution in [2.45, 2.75) is 31.6 Å². The number of nitrogens with one attached hydrogen (secondary N) is 1. The second-order valence-corrected chi connectivity index (χ2v) is 7.04. The van der Waals surface area contributed by atoms with E-state index in [1.807, 2.05) is 0 Å². The number of aromatic nitrogens is 1. The summed E-state index contributed by atoms with van der Waals surface area (Å²) in [5.41, 5.74) is 1.52. The van der Waals surface area contributed by atoms with Crippen molar-refractivity contribution in [3.63, 3.8) is 0 Å². The molecule has 1 fully saturated rings. The molecule has 29 heavy (non-hydrogen) atoms. The highest BCUT2D eigenvalue weighted by molar-refractivity contribution is 5.95. The molecular formula is C20H24F2N4O3. The number of fused-ring (bicyclic) bond motifs is 1. The summed E-state index contributed by atoms with van der Waals surface area (Å²) in [6.45, 7) is -0.480. The molecular weight excluding hydrogens is 382 g/mol. The molecule has 3 rings (SSSR count). The Bertz CT molecular complexity index is 867. The number of benzene rings is 1. The summed E-state index contributed by atoms with van der Waals surface area (Å²) in [5, 5.41) is 23.3. The van der Waals surface area contributed by atoms with Gasteiger partial charge in [-0.15, -0.1) is 0 Å². The van der Waals surface area contributed by atoms with Crippen LogP contribution in [0.15, 0.2) is 24.4 Å². The molecule has 9 heteroatoms. The molecule has 2 aromatic rings. The molecule has 0 saturated carbocycles. The Hall–Kier alpha value is -2.54. The fourth-order valence-corrected chi connectivity index (χ4v) is 3.60. The number of aliphatic hydroxyl groups is 1. The fourth-order valence-electron chi connectivity index (χ4n) is 3.60. The van der Waals surface area contributed by atoms with Crippen LogP contribution in [0.25, 0.3) is 10.9 Å². The number of hydrogen-bond donors (Lipinski definition) is 2. The number of aliphatic hydroxyl groups excluding tert-OH is 1. The molecule has 0 spiro atoms. The zero-order chi connectivity index (χ0) is 20.8. The van der Waals surface area contributed by atoms with E-state index >= 15 is 0 Å². The maximum atomic E-state index is 12.6. The van der Waals surface area contributed by atoms with E-state index in [0.717, 1.165) is 25.9 Å². The van der Waals surface area contributed by atoms with Crippen LogP contribution in [0.3, 0.4) is 0 Å². The van der Waals surface area contributed by atoms with Crippen LogP contribution in [0.1, 0.15) is 18.4 Å². The van der Waals surface area contributed by atoms with Crippen LogP contribution < -0.4 is 10.1 Å². The van der Waals surface area contributed by atoms with E-state index in [9.17, 15) is 19.1 Å². The number of piperidine rings is 1. The maximum absolute atomic E-state index is 12.6. The highest BCUT2D eigenvalue weighted by Crippen LogP contribution is 2.31. The van der Waals surface area contributed by atoms with Gasteiger partial charge in [-0.05, 0) is 31.0 Å². The van der Waals surface area contributed by atoms with E-state index in [1.54, 1.807) is 13.2 Å². The van der Waals surface area contributed by atoms with E-state index < -0.39 is 12.7 Å². The summed E-state index contributed by atoms with van der Waals surface area (Å²) >= 11 is 0. The highest BCUT2D eigenvalue weighted by Gasteiger charge is 2.22. The van der Waals surface area contributed by atoms with E-state index in [2.05, 4.69) is 26.0 Å². The molecule has 0 radical (unpaired) electrons. The average Bonchev–Trinajstić information content (AvgIpc) is 2.69. The number of anilines is 1. The minimum absolute atomic E-state index is 0.0226. The third-order valence-electron chi connectivity index (χ3n) is 4.95. The molecule has 7 nitrogen and oxygen atoms in total. The number of pyridine rings is 1. The number of ether oxygens (including phenoxy) is 2. The Kier molecular flexibility index (Phi) is 7.14. The second kappa shape index (κ2) is 9.78. The quantitative estimate of drug-likeness (QED) is 0.696. The van der Waals surface area contributed by atoms with E-state index in [1.165, 1.54) is 18.3 Å². The number of rotatable bonds is 8. The minimum atomic E-state index is -2.92. The van der Waals surface area contributed by atoms with Crippen molar-refractivity contribution >= 4 is 16.6 Å². The number of β-amino-alcohol motifs (C(OH)–C–C–N with tert-alkyl or cyclic N) is 1. The highest BCUT2D eigenvalue weighted by atomic mass is 19.3. The summed E-state index contributed by atoms with van der Waals surface area (Å²) < 4.78 is 34.6. The molecule has 1 saturated heterocycles. The number of hydrogen-bond acceptors (Lipinski definition) is 7. The monoisotopic (exact) mass is 406 g/mol. The predicted octanol–water partition coefficient (Wildman–Crippen LogP) is 2.59. The first-order valence-electron chi connectivity index (χ1n) is 9.43. The lowest BCUT2D eigenvalue weighted by Gasteiger charge is -2.34. The third-order valence-corrected chi connectivity index (χ3v) is 4.95. The van der Waals surface area contributed by atoms with Crippen molar-refractivity contribution in [1.82, 2.24) is 9.88 Å². The molecule has 1 aliphatic rings. The number of likely N-dealkylation sites (tertiary alicyclic amines) is 1. The van der Waals surface area contributed by atoms with Gasteiger partial charge < -0.3 is 24.8 Å². The van der Waals surface area contributed by atoms with Gasteiger partial charge >= 0.3 is 6.61 Å². The normalized spacial score (nSPS) is 16.7. The van der Waals surface area contributed by atoms with Crippen molar-refractivity contribution in [2.24, 2.45) is 0 Å². The number of methoxy groups -OCH3 is 1. The van der Waals surface area contributed by atoms with Gasteiger partial charge in [-0.1, -0.05) is 0 Å². The van der Waals surface area contributed by atoms with Gasteiger partial charge in [-0.2, -0.15) is 14.0 Å². The smallest absolute Gasteiger partial charge is 0.387 e. The minimum Gasteiger partial charge on any atom is -0.435 e.